The first-order valence-corrected chi connectivity index (χ1v) is 10.3. The van der Waals surface area contributed by atoms with E-state index in [0.717, 1.165) is 5.69 Å². The number of fused-ring (bicyclic) bond motifs is 3. The lowest BCUT2D eigenvalue weighted by molar-refractivity contribution is 1.19. The molecule has 132 valence electrons. The lowest BCUT2D eigenvalue weighted by atomic mass is 9.93. The van der Waals surface area contributed by atoms with Gasteiger partial charge in [-0.25, -0.2) is 0 Å². The summed E-state index contributed by atoms with van der Waals surface area (Å²) in [5.41, 5.74) is 6.13. The van der Waals surface area contributed by atoms with Crippen LogP contribution >= 0.6 is 11.8 Å². The van der Waals surface area contributed by atoms with Gasteiger partial charge in [0.05, 0.1) is 5.69 Å². The number of aromatic nitrogens is 1. The molecule has 1 aliphatic heterocycles. The summed E-state index contributed by atoms with van der Waals surface area (Å²) in [7, 11) is 0. The number of nitrogens with zero attached hydrogens (tertiary/aromatic N) is 1. The Morgan fingerprint density at radius 2 is 1.54 bits per heavy atom. The van der Waals surface area contributed by atoms with Gasteiger partial charge in [0.2, 0.25) is 0 Å². The van der Waals surface area contributed by atoms with E-state index in [1.165, 1.54) is 53.6 Å². The predicted octanol–water partition coefficient (Wildman–Crippen LogP) is 7.50. The van der Waals surface area contributed by atoms with Gasteiger partial charge in [-0.2, -0.15) is 0 Å². The van der Waals surface area contributed by atoms with Gasteiger partial charge in [-0.05, 0) is 46.3 Å². The lowest BCUT2D eigenvalue weighted by Gasteiger charge is -2.24. The highest BCUT2D eigenvalue weighted by atomic mass is 32.2. The maximum atomic E-state index is 4.88. The van der Waals surface area contributed by atoms with Crippen molar-refractivity contribution >= 4 is 33.3 Å². The highest BCUT2D eigenvalue weighted by molar-refractivity contribution is 8.00. The molecule has 1 nitrogen and oxygen atoms in total. The summed E-state index contributed by atoms with van der Waals surface area (Å²) in [6.07, 6.45) is 2.02. The summed E-state index contributed by atoms with van der Waals surface area (Å²) in [5, 5.41) is 5.17. The Hall–Kier alpha value is -3.10. The number of pyridine rings is 1. The van der Waals surface area contributed by atoms with E-state index in [9.17, 15) is 0 Å². The first-order chi connectivity index (χ1) is 13.8. The van der Waals surface area contributed by atoms with Crippen LogP contribution in [0, 0.1) is 6.92 Å². The number of hydrogen-bond donors (Lipinski definition) is 0. The van der Waals surface area contributed by atoms with Gasteiger partial charge in [0.25, 0.3) is 0 Å². The van der Waals surface area contributed by atoms with E-state index < -0.39 is 0 Å². The molecular weight excluding hydrogens is 358 g/mol. The zero-order valence-electron chi connectivity index (χ0n) is 15.4. The minimum atomic E-state index is 1.07. The molecule has 0 unspecified atom stereocenters. The number of aryl methyl sites for hydroxylation is 1. The fourth-order valence-electron chi connectivity index (χ4n) is 4.27. The molecule has 6 rings (SSSR count). The molecule has 0 bridgehead atoms. The van der Waals surface area contributed by atoms with Gasteiger partial charge in [-0.15, -0.1) is 0 Å². The highest BCUT2D eigenvalue weighted by Crippen LogP contribution is 2.51. The van der Waals surface area contributed by atoms with E-state index in [1.54, 1.807) is 0 Å². The molecule has 0 aliphatic carbocycles. The van der Waals surface area contributed by atoms with Crippen LogP contribution in [0.1, 0.15) is 5.56 Å². The van der Waals surface area contributed by atoms with Gasteiger partial charge >= 0.3 is 0 Å². The Morgan fingerprint density at radius 1 is 0.750 bits per heavy atom. The third-order valence-electron chi connectivity index (χ3n) is 5.59. The fraction of sp³-hybridized carbons (Fsp3) is 0.0385. The smallest absolute Gasteiger partial charge is 0.0848 e. The maximum Gasteiger partial charge on any atom is 0.0848 e. The van der Waals surface area contributed by atoms with E-state index in [0.29, 0.717) is 0 Å². The molecule has 2 heteroatoms. The Balaban J connectivity index is 1.66. The average Bonchev–Trinajstić information content (AvgIpc) is 2.74. The first-order valence-electron chi connectivity index (χ1n) is 9.48. The van der Waals surface area contributed by atoms with Gasteiger partial charge in [-0.3, -0.25) is 4.98 Å². The van der Waals surface area contributed by atoms with Crippen LogP contribution < -0.4 is 0 Å². The average molecular weight is 375 g/mol. The SMILES string of the molecule is Cc1cnc(-c2ccc3ccccc3c2)c2c1-c1cccc3cccc(c13)S2. The molecule has 0 spiro atoms. The van der Waals surface area contributed by atoms with E-state index in [4.69, 9.17) is 4.98 Å². The monoisotopic (exact) mass is 375 g/mol. The van der Waals surface area contributed by atoms with Crippen LogP contribution in [0.2, 0.25) is 0 Å². The van der Waals surface area contributed by atoms with E-state index in [2.05, 4.69) is 85.8 Å². The zero-order chi connectivity index (χ0) is 18.7. The molecule has 1 aliphatic rings. The minimum absolute atomic E-state index is 1.07. The number of hydrogen-bond acceptors (Lipinski definition) is 2. The van der Waals surface area contributed by atoms with Gasteiger partial charge in [0.1, 0.15) is 0 Å². The Kier molecular flexibility index (Phi) is 3.38. The summed E-state index contributed by atoms with van der Waals surface area (Å²) < 4.78 is 0. The minimum Gasteiger partial charge on any atom is -0.255 e. The Bertz CT molecular complexity index is 1400. The van der Waals surface area contributed by atoms with Crippen LogP contribution in [0.15, 0.2) is 94.9 Å². The van der Waals surface area contributed by atoms with Crippen molar-refractivity contribution in [1.29, 1.82) is 0 Å². The van der Waals surface area contributed by atoms with Crippen molar-refractivity contribution in [3.8, 4) is 22.4 Å². The topological polar surface area (TPSA) is 12.9 Å². The summed E-state index contributed by atoms with van der Waals surface area (Å²) >= 11 is 1.85. The van der Waals surface area contributed by atoms with Crippen molar-refractivity contribution in [1.82, 2.24) is 4.98 Å². The van der Waals surface area contributed by atoms with E-state index in [1.807, 2.05) is 18.0 Å². The lowest BCUT2D eigenvalue weighted by Crippen LogP contribution is -1.99. The molecule has 0 fully saturated rings. The van der Waals surface area contributed by atoms with Crippen LogP contribution in [0.3, 0.4) is 0 Å². The predicted molar refractivity (Wildman–Crippen MR) is 119 cm³/mol. The maximum absolute atomic E-state index is 4.88. The number of benzene rings is 4. The fourth-order valence-corrected chi connectivity index (χ4v) is 5.60. The van der Waals surface area contributed by atoms with Crippen LogP contribution in [0.5, 0.6) is 0 Å². The van der Waals surface area contributed by atoms with Crippen molar-refractivity contribution in [3.05, 3.63) is 90.6 Å². The highest BCUT2D eigenvalue weighted by Gasteiger charge is 2.24. The van der Waals surface area contributed by atoms with Gasteiger partial charge in [-0.1, -0.05) is 78.5 Å². The molecule has 28 heavy (non-hydrogen) atoms. The molecule has 0 saturated heterocycles. The molecular formula is C26H17NS. The summed E-state index contributed by atoms with van der Waals surface area (Å²) in [6, 6.07) is 28.4. The van der Waals surface area contributed by atoms with E-state index in [-0.39, 0.29) is 0 Å². The summed E-state index contributed by atoms with van der Waals surface area (Å²) in [5.74, 6) is 0. The van der Waals surface area contributed by atoms with Crippen LogP contribution in [-0.4, -0.2) is 4.98 Å². The number of rotatable bonds is 1. The molecule has 0 N–H and O–H groups in total. The van der Waals surface area contributed by atoms with E-state index >= 15 is 0 Å². The summed E-state index contributed by atoms with van der Waals surface area (Å²) in [6.45, 7) is 2.17. The molecule has 5 aromatic rings. The molecule has 0 amide bonds. The third-order valence-corrected chi connectivity index (χ3v) is 6.76. The first kappa shape index (κ1) is 15.9. The van der Waals surface area contributed by atoms with Crippen molar-refractivity contribution < 1.29 is 0 Å². The molecule has 0 saturated carbocycles. The molecule has 0 atom stereocenters. The third kappa shape index (κ3) is 2.25. The van der Waals surface area contributed by atoms with Crippen LogP contribution in [0.4, 0.5) is 0 Å². The standard InChI is InChI=1S/C26H17NS/c1-16-15-27-25(20-13-12-17-6-2-3-7-19(17)14-20)26-23(16)21-10-4-8-18-9-5-11-22(28-26)24(18)21/h2-15H,1H3. The van der Waals surface area contributed by atoms with Crippen LogP contribution in [-0.2, 0) is 0 Å². The molecule has 0 radical (unpaired) electrons. The van der Waals surface area contributed by atoms with Crippen LogP contribution in [0.25, 0.3) is 43.9 Å². The second-order valence-corrected chi connectivity index (χ2v) is 8.37. The summed E-state index contributed by atoms with van der Waals surface area (Å²) in [4.78, 5) is 7.46. The molecule has 4 aromatic carbocycles. The van der Waals surface area contributed by atoms with Gasteiger partial charge in [0, 0.05) is 32.5 Å². The van der Waals surface area contributed by atoms with Crippen molar-refractivity contribution in [2.45, 2.75) is 16.7 Å². The largest absolute Gasteiger partial charge is 0.255 e. The Morgan fingerprint density at radius 3 is 2.43 bits per heavy atom. The zero-order valence-corrected chi connectivity index (χ0v) is 16.3. The second kappa shape index (κ2) is 5.95. The van der Waals surface area contributed by atoms with Crippen molar-refractivity contribution in [3.63, 3.8) is 0 Å². The Labute approximate surface area is 168 Å². The van der Waals surface area contributed by atoms with Crippen molar-refractivity contribution in [2.75, 3.05) is 0 Å². The molecule has 2 heterocycles. The quantitative estimate of drug-likeness (QED) is 0.295. The van der Waals surface area contributed by atoms with Crippen molar-refractivity contribution in [2.24, 2.45) is 0 Å². The normalized spacial score (nSPS) is 12.3. The molecule has 1 aromatic heterocycles. The second-order valence-electron chi connectivity index (χ2n) is 7.32. The van der Waals surface area contributed by atoms with Gasteiger partial charge in [0.15, 0.2) is 0 Å². The van der Waals surface area contributed by atoms with Gasteiger partial charge < -0.3 is 0 Å².